The molecule has 3 heterocycles. The van der Waals surface area contributed by atoms with Crippen molar-refractivity contribution in [3.05, 3.63) is 107 Å². The van der Waals surface area contributed by atoms with Crippen molar-refractivity contribution in [1.82, 2.24) is 4.57 Å². The van der Waals surface area contributed by atoms with E-state index in [4.69, 9.17) is 13.9 Å². The molecule has 1 aliphatic heterocycles. The van der Waals surface area contributed by atoms with Gasteiger partial charge in [-0.25, -0.2) is 9.79 Å². The van der Waals surface area contributed by atoms with E-state index in [9.17, 15) is 9.59 Å². The summed E-state index contributed by atoms with van der Waals surface area (Å²) in [6, 6.07) is 18.1. The zero-order valence-electron chi connectivity index (χ0n) is 20.4. The van der Waals surface area contributed by atoms with Gasteiger partial charge < -0.3 is 13.9 Å². The summed E-state index contributed by atoms with van der Waals surface area (Å²) in [5.74, 6) is 1.42. The summed E-state index contributed by atoms with van der Waals surface area (Å²) in [7, 11) is 1.59. The summed E-state index contributed by atoms with van der Waals surface area (Å²) in [4.78, 5) is 31.8. The molecule has 5 rings (SSSR count). The molecule has 37 heavy (non-hydrogen) atoms. The lowest BCUT2D eigenvalue weighted by Gasteiger charge is -2.24. The Morgan fingerprint density at radius 3 is 2.54 bits per heavy atom. The Labute approximate surface area is 225 Å². The summed E-state index contributed by atoms with van der Waals surface area (Å²) in [5, 5.41) is 0. The van der Waals surface area contributed by atoms with Crippen molar-refractivity contribution >= 4 is 39.3 Å². The number of allylic oxidation sites excluding steroid dienone is 1. The molecule has 0 radical (unpaired) electrons. The van der Waals surface area contributed by atoms with Crippen LogP contribution in [0.5, 0.6) is 5.75 Å². The molecule has 1 unspecified atom stereocenters. The van der Waals surface area contributed by atoms with Gasteiger partial charge in [-0.2, -0.15) is 0 Å². The van der Waals surface area contributed by atoms with Crippen LogP contribution in [0.3, 0.4) is 0 Å². The van der Waals surface area contributed by atoms with Crippen molar-refractivity contribution in [1.29, 1.82) is 0 Å². The van der Waals surface area contributed by atoms with Crippen LogP contribution in [0.2, 0.25) is 0 Å². The van der Waals surface area contributed by atoms with Crippen LogP contribution >= 0.6 is 27.3 Å². The molecule has 188 valence electrons. The number of fused-ring (bicyclic) bond motifs is 1. The molecule has 9 heteroatoms. The number of aromatic nitrogens is 1. The molecule has 0 amide bonds. The molecule has 7 nitrogen and oxygen atoms in total. The van der Waals surface area contributed by atoms with Gasteiger partial charge in [-0.3, -0.25) is 9.36 Å². The normalized spacial score (nSPS) is 15.4. The number of methoxy groups -OCH3 is 1. The Kier molecular flexibility index (Phi) is 6.99. The van der Waals surface area contributed by atoms with Crippen LogP contribution in [0, 0.1) is 0 Å². The first-order chi connectivity index (χ1) is 17.9. The molecule has 2 aromatic heterocycles. The van der Waals surface area contributed by atoms with E-state index in [1.807, 2.05) is 48.5 Å². The number of nitrogens with zero attached hydrogens (tertiary/aromatic N) is 2. The zero-order chi connectivity index (χ0) is 26.1. The van der Waals surface area contributed by atoms with Crippen molar-refractivity contribution in [2.45, 2.75) is 19.9 Å². The third-order valence-corrected chi connectivity index (χ3v) is 7.49. The number of hydrogen-bond acceptors (Lipinski definition) is 7. The fourth-order valence-corrected chi connectivity index (χ4v) is 5.51. The van der Waals surface area contributed by atoms with Crippen molar-refractivity contribution < 1.29 is 18.7 Å². The Balaban J connectivity index is 1.62. The van der Waals surface area contributed by atoms with Gasteiger partial charge in [-0.05, 0) is 55.8 Å². The maximum atomic E-state index is 13.7. The minimum atomic E-state index is -0.682. The standard InChI is InChI=1S/C28H23BrN2O5S/c1-4-35-27(33)24-16(2)30-28-31(25(24)18-7-11-20(34-3)12-8-18)26(32)23(37-28)15-21-13-14-22(36-21)17-5-9-19(29)10-6-17/h5-15,25H,4H2,1-3H3/b23-15-. The first kappa shape index (κ1) is 25.0. The highest BCUT2D eigenvalue weighted by molar-refractivity contribution is 9.10. The van der Waals surface area contributed by atoms with Crippen LogP contribution < -0.4 is 19.6 Å². The number of carbonyl (C=O) groups excluding carboxylic acids is 1. The minimum absolute atomic E-state index is 0.217. The number of carbonyl (C=O) groups is 1. The molecule has 1 aliphatic rings. The first-order valence-corrected chi connectivity index (χ1v) is 13.2. The highest BCUT2D eigenvalue weighted by Gasteiger charge is 2.33. The number of halogens is 1. The lowest BCUT2D eigenvalue weighted by Crippen LogP contribution is -2.39. The Bertz CT molecular complexity index is 1680. The average molecular weight is 579 g/mol. The summed E-state index contributed by atoms with van der Waals surface area (Å²) >= 11 is 4.69. The topological polar surface area (TPSA) is 83.0 Å². The second kappa shape index (κ2) is 10.4. The van der Waals surface area contributed by atoms with Crippen molar-refractivity contribution in [3.8, 4) is 17.1 Å². The van der Waals surface area contributed by atoms with Crippen LogP contribution in [0.15, 0.2) is 90.6 Å². The van der Waals surface area contributed by atoms with E-state index in [1.54, 1.807) is 43.7 Å². The van der Waals surface area contributed by atoms with Crippen molar-refractivity contribution in [2.24, 2.45) is 4.99 Å². The number of ether oxygens (including phenoxy) is 2. The fourth-order valence-electron chi connectivity index (χ4n) is 4.22. The van der Waals surface area contributed by atoms with Crippen LogP contribution in [0.4, 0.5) is 0 Å². The smallest absolute Gasteiger partial charge is 0.338 e. The Morgan fingerprint density at radius 2 is 1.86 bits per heavy atom. The fraction of sp³-hybridized carbons (Fsp3) is 0.179. The van der Waals surface area contributed by atoms with Gasteiger partial charge in [0.15, 0.2) is 4.80 Å². The number of hydrogen-bond donors (Lipinski definition) is 0. The van der Waals surface area contributed by atoms with Gasteiger partial charge in [0.05, 0.1) is 35.6 Å². The first-order valence-electron chi connectivity index (χ1n) is 11.6. The molecule has 0 aliphatic carbocycles. The molecule has 0 saturated heterocycles. The predicted octanol–water partition coefficient (Wildman–Crippen LogP) is 4.83. The number of thiazole rings is 1. The van der Waals surface area contributed by atoms with Crippen molar-refractivity contribution in [3.63, 3.8) is 0 Å². The SMILES string of the molecule is CCOC(=O)C1=C(C)N=c2s/c(=C\c3ccc(-c4ccc(Br)cc4)o3)c(=O)n2C1c1ccc(OC)cc1. The molecule has 0 fully saturated rings. The van der Waals surface area contributed by atoms with Gasteiger partial charge in [0.2, 0.25) is 0 Å². The van der Waals surface area contributed by atoms with Gasteiger partial charge in [0.1, 0.15) is 17.3 Å². The van der Waals surface area contributed by atoms with Gasteiger partial charge in [0, 0.05) is 16.1 Å². The highest BCUT2D eigenvalue weighted by atomic mass is 79.9. The second-order valence-corrected chi connectivity index (χ2v) is 10.2. The summed E-state index contributed by atoms with van der Waals surface area (Å²) < 4.78 is 19.6. The minimum Gasteiger partial charge on any atom is -0.497 e. The number of furan rings is 1. The highest BCUT2D eigenvalue weighted by Crippen LogP contribution is 2.31. The van der Waals surface area contributed by atoms with Crippen LogP contribution in [-0.4, -0.2) is 24.3 Å². The zero-order valence-corrected chi connectivity index (χ0v) is 22.8. The van der Waals surface area contributed by atoms with Crippen LogP contribution in [0.1, 0.15) is 31.2 Å². The predicted molar refractivity (Wildman–Crippen MR) is 145 cm³/mol. The second-order valence-electron chi connectivity index (χ2n) is 8.28. The molecule has 2 aromatic carbocycles. The summed E-state index contributed by atoms with van der Waals surface area (Å²) in [6.07, 6.45) is 1.71. The molecule has 1 atom stereocenters. The van der Waals surface area contributed by atoms with Crippen LogP contribution in [-0.2, 0) is 9.53 Å². The quantitative estimate of drug-likeness (QED) is 0.306. The maximum absolute atomic E-state index is 13.7. The number of benzene rings is 2. The van der Waals surface area contributed by atoms with E-state index in [0.717, 1.165) is 15.6 Å². The molecule has 0 N–H and O–H groups in total. The van der Waals surface area contributed by atoms with Gasteiger partial charge in [0.25, 0.3) is 5.56 Å². The number of rotatable bonds is 6. The molecule has 0 saturated carbocycles. The summed E-state index contributed by atoms with van der Waals surface area (Å²) in [5.41, 5.74) is 2.27. The van der Waals surface area contributed by atoms with E-state index in [1.165, 1.54) is 11.3 Å². The molecular formula is C28H23BrN2O5S. The molecule has 4 aromatic rings. The Morgan fingerprint density at radius 1 is 1.14 bits per heavy atom. The van der Waals surface area contributed by atoms with Gasteiger partial charge in [-0.1, -0.05) is 51.5 Å². The molecule has 0 bridgehead atoms. The van der Waals surface area contributed by atoms with Gasteiger partial charge in [-0.15, -0.1) is 0 Å². The van der Waals surface area contributed by atoms with E-state index in [2.05, 4.69) is 20.9 Å². The molecular weight excluding hydrogens is 556 g/mol. The van der Waals surface area contributed by atoms with Crippen LogP contribution in [0.25, 0.3) is 17.4 Å². The van der Waals surface area contributed by atoms with E-state index in [-0.39, 0.29) is 12.2 Å². The Hall–Kier alpha value is -3.69. The third kappa shape index (κ3) is 4.84. The monoisotopic (exact) mass is 578 g/mol. The van der Waals surface area contributed by atoms with E-state index in [0.29, 0.717) is 37.9 Å². The average Bonchev–Trinajstić information content (AvgIpc) is 3.48. The van der Waals surface area contributed by atoms with Gasteiger partial charge >= 0.3 is 5.97 Å². The summed E-state index contributed by atoms with van der Waals surface area (Å²) in [6.45, 7) is 3.72. The largest absolute Gasteiger partial charge is 0.497 e. The number of esters is 1. The molecule has 0 spiro atoms. The van der Waals surface area contributed by atoms with E-state index < -0.39 is 12.0 Å². The maximum Gasteiger partial charge on any atom is 0.338 e. The van der Waals surface area contributed by atoms with Crippen molar-refractivity contribution in [2.75, 3.05) is 13.7 Å². The lowest BCUT2D eigenvalue weighted by atomic mass is 9.96. The lowest BCUT2D eigenvalue weighted by molar-refractivity contribution is -0.139. The van der Waals surface area contributed by atoms with E-state index >= 15 is 0 Å². The third-order valence-electron chi connectivity index (χ3n) is 5.98.